The highest BCUT2D eigenvalue weighted by atomic mass is 16.5. The molecule has 0 atom stereocenters. The molecule has 1 aromatic heterocycles. The summed E-state index contributed by atoms with van der Waals surface area (Å²) < 4.78 is 8.19. The van der Waals surface area contributed by atoms with E-state index in [9.17, 15) is 4.79 Å². The van der Waals surface area contributed by atoms with Gasteiger partial charge in [0.2, 0.25) is 5.91 Å². The molecule has 1 amide bonds. The van der Waals surface area contributed by atoms with Crippen molar-refractivity contribution in [2.45, 2.75) is 52.0 Å². The number of nitrogens with one attached hydrogen (secondary N) is 1. The number of carbonyl (C=O) groups excluding carboxylic acids is 1. The van der Waals surface area contributed by atoms with Gasteiger partial charge in [-0.1, -0.05) is 31.2 Å². The van der Waals surface area contributed by atoms with Crippen LogP contribution in [0, 0.1) is 5.92 Å². The molecule has 0 aliphatic heterocycles. The van der Waals surface area contributed by atoms with Crippen molar-refractivity contribution < 1.29 is 9.53 Å². The van der Waals surface area contributed by atoms with Gasteiger partial charge in [0, 0.05) is 25.4 Å². The number of unbranched alkanes of at least 4 members (excludes halogenated alkanes) is 1. The van der Waals surface area contributed by atoms with Gasteiger partial charge in [-0.3, -0.25) is 4.79 Å². The number of amides is 1. The standard InChI is InChI=1S/C25H31N3O2/c1-2-19-9-13-21(14-10-19)30-18-6-5-17-28-23-8-4-3-7-22(23)27-24(28)15-16-26-25(29)20-11-12-20/h3-4,7-10,13-14,20H,2,5-6,11-12,15-18H2,1H3,(H,26,29). The Labute approximate surface area is 178 Å². The van der Waals surface area contributed by atoms with E-state index in [0.29, 0.717) is 13.2 Å². The Morgan fingerprint density at radius 3 is 2.70 bits per heavy atom. The number of aromatic nitrogens is 2. The smallest absolute Gasteiger partial charge is 0.223 e. The normalized spacial score (nSPS) is 13.5. The summed E-state index contributed by atoms with van der Waals surface area (Å²) in [4.78, 5) is 16.7. The van der Waals surface area contributed by atoms with Gasteiger partial charge >= 0.3 is 0 Å². The number of imidazole rings is 1. The molecule has 30 heavy (non-hydrogen) atoms. The summed E-state index contributed by atoms with van der Waals surface area (Å²) in [6, 6.07) is 16.6. The molecule has 158 valence electrons. The van der Waals surface area contributed by atoms with E-state index in [1.54, 1.807) is 0 Å². The highest BCUT2D eigenvalue weighted by Crippen LogP contribution is 2.28. The van der Waals surface area contributed by atoms with E-state index < -0.39 is 0 Å². The molecule has 1 N–H and O–H groups in total. The van der Waals surface area contributed by atoms with Crippen LogP contribution in [0.1, 0.15) is 44.0 Å². The first-order chi connectivity index (χ1) is 14.7. The van der Waals surface area contributed by atoms with Gasteiger partial charge in [0.1, 0.15) is 11.6 Å². The topological polar surface area (TPSA) is 56.1 Å². The Morgan fingerprint density at radius 2 is 1.93 bits per heavy atom. The summed E-state index contributed by atoms with van der Waals surface area (Å²) in [7, 11) is 0. The number of para-hydroxylation sites is 2. The average Bonchev–Trinajstić information content (AvgIpc) is 3.57. The average molecular weight is 406 g/mol. The van der Waals surface area contributed by atoms with Gasteiger partial charge in [0.25, 0.3) is 0 Å². The van der Waals surface area contributed by atoms with Gasteiger partial charge in [-0.15, -0.1) is 0 Å². The molecule has 1 aliphatic rings. The van der Waals surface area contributed by atoms with Crippen LogP contribution in [-0.2, 0) is 24.2 Å². The minimum Gasteiger partial charge on any atom is -0.494 e. The summed E-state index contributed by atoms with van der Waals surface area (Å²) >= 11 is 0. The zero-order valence-electron chi connectivity index (χ0n) is 17.8. The van der Waals surface area contributed by atoms with E-state index in [2.05, 4.69) is 59.3 Å². The Kier molecular flexibility index (Phi) is 6.67. The highest BCUT2D eigenvalue weighted by Gasteiger charge is 2.29. The van der Waals surface area contributed by atoms with Crippen LogP contribution in [0.2, 0.25) is 0 Å². The predicted molar refractivity (Wildman–Crippen MR) is 120 cm³/mol. The van der Waals surface area contributed by atoms with Crippen molar-refractivity contribution in [2.75, 3.05) is 13.2 Å². The third-order valence-electron chi connectivity index (χ3n) is 5.71. The lowest BCUT2D eigenvalue weighted by atomic mass is 10.2. The third-order valence-corrected chi connectivity index (χ3v) is 5.71. The molecule has 1 fully saturated rings. The van der Waals surface area contributed by atoms with Crippen molar-refractivity contribution in [1.82, 2.24) is 14.9 Å². The minimum atomic E-state index is 0.196. The van der Waals surface area contributed by atoms with Gasteiger partial charge in [0.15, 0.2) is 0 Å². The van der Waals surface area contributed by atoms with Crippen LogP contribution < -0.4 is 10.1 Å². The fourth-order valence-corrected chi connectivity index (χ4v) is 3.74. The molecule has 2 aromatic carbocycles. The number of fused-ring (bicyclic) bond motifs is 1. The maximum atomic E-state index is 11.9. The third kappa shape index (κ3) is 5.21. The zero-order chi connectivity index (χ0) is 20.8. The van der Waals surface area contributed by atoms with Crippen LogP contribution in [0.5, 0.6) is 5.75 Å². The molecule has 1 saturated carbocycles. The van der Waals surface area contributed by atoms with Crippen LogP contribution >= 0.6 is 0 Å². The maximum Gasteiger partial charge on any atom is 0.223 e. The molecule has 5 heteroatoms. The number of hydrogen-bond acceptors (Lipinski definition) is 3. The summed E-state index contributed by atoms with van der Waals surface area (Å²) in [6.07, 6.45) is 5.89. The molecule has 0 bridgehead atoms. The van der Waals surface area contributed by atoms with Gasteiger partial charge in [-0.2, -0.15) is 0 Å². The molecule has 0 spiro atoms. The molecule has 1 aliphatic carbocycles. The van der Waals surface area contributed by atoms with Gasteiger partial charge < -0.3 is 14.6 Å². The first-order valence-electron chi connectivity index (χ1n) is 11.2. The van der Waals surface area contributed by atoms with Crippen molar-refractivity contribution in [1.29, 1.82) is 0 Å². The summed E-state index contributed by atoms with van der Waals surface area (Å²) in [5, 5.41) is 3.06. The molecule has 3 aromatic rings. The van der Waals surface area contributed by atoms with Crippen molar-refractivity contribution in [3.8, 4) is 5.75 Å². The zero-order valence-corrected chi connectivity index (χ0v) is 17.8. The summed E-state index contributed by atoms with van der Waals surface area (Å²) in [5.41, 5.74) is 3.51. The van der Waals surface area contributed by atoms with E-state index in [0.717, 1.165) is 67.7 Å². The predicted octanol–water partition coefficient (Wildman–Crippen LogP) is 4.53. The van der Waals surface area contributed by atoms with E-state index >= 15 is 0 Å². The lowest BCUT2D eigenvalue weighted by Gasteiger charge is -2.11. The van der Waals surface area contributed by atoms with E-state index in [4.69, 9.17) is 9.72 Å². The van der Waals surface area contributed by atoms with Crippen LogP contribution in [0.4, 0.5) is 0 Å². The molecular formula is C25H31N3O2. The number of benzene rings is 2. The van der Waals surface area contributed by atoms with Crippen molar-refractivity contribution in [3.63, 3.8) is 0 Å². The quantitative estimate of drug-likeness (QED) is 0.477. The molecule has 4 rings (SSSR count). The second kappa shape index (κ2) is 9.79. The number of aryl methyl sites for hydroxylation is 2. The minimum absolute atomic E-state index is 0.196. The Bertz CT molecular complexity index is 974. The monoisotopic (exact) mass is 405 g/mol. The Morgan fingerprint density at radius 1 is 1.13 bits per heavy atom. The molecule has 0 unspecified atom stereocenters. The number of carbonyl (C=O) groups is 1. The van der Waals surface area contributed by atoms with Gasteiger partial charge in [-0.25, -0.2) is 4.98 Å². The fraction of sp³-hybridized carbons (Fsp3) is 0.440. The van der Waals surface area contributed by atoms with E-state index in [-0.39, 0.29) is 11.8 Å². The van der Waals surface area contributed by atoms with Crippen LogP contribution in [0.25, 0.3) is 11.0 Å². The lowest BCUT2D eigenvalue weighted by Crippen LogP contribution is -2.27. The largest absolute Gasteiger partial charge is 0.494 e. The second-order valence-electron chi connectivity index (χ2n) is 8.04. The van der Waals surface area contributed by atoms with Crippen LogP contribution in [-0.4, -0.2) is 28.6 Å². The molecular weight excluding hydrogens is 374 g/mol. The second-order valence-corrected chi connectivity index (χ2v) is 8.04. The molecule has 0 saturated heterocycles. The number of hydrogen-bond donors (Lipinski definition) is 1. The number of nitrogens with zero attached hydrogens (tertiary/aromatic N) is 2. The van der Waals surface area contributed by atoms with Gasteiger partial charge in [0.05, 0.1) is 17.6 Å². The van der Waals surface area contributed by atoms with E-state index in [1.807, 2.05) is 6.07 Å². The number of rotatable bonds is 11. The molecule has 1 heterocycles. The first kappa shape index (κ1) is 20.5. The maximum absolute atomic E-state index is 11.9. The van der Waals surface area contributed by atoms with E-state index in [1.165, 1.54) is 5.56 Å². The Balaban J connectivity index is 1.29. The molecule has 0 radical (unpaired) electrons. The Hall–Kier alpha value is -2.82. The highest BCUT2D eigenvalue weighted by molar-refractivity contribution is 5.80. The lowest BCUT2D eigenvalue weighted by molar-refractivity contribution is -0.122. The van der Waals surface area contributed by atoms with Crippen LogP contribution in [0.15, 0.2) is 48.5 Å². The molecule has 5 nitrogen and oxygen atoms in total. The first-order valence-corrected chi connectivity index (χ1v) is 11.2. The van der Waals surface area contributed by atoms with Gasteiger partial charge in [-0.05, 0) is 61.9 Å². The fourth-order valence-electron chi connectivity index (χ4n) is 3.74. The number of ether oxygens (including phenoxy) is 1. The van der Waals surface area contributed by atoms with Crippen LogP contribution in [0.3, 0.4) is 0 Å². The SMILES string of the molecule is CCc1ccc(OCCCCn2c(CCNC(=O)C3CC3)nc3ccccc32)cc1. The summed E-state index contributed by atoms with van der Waals surface area (Å²) in [6.45, 7) is 4.43. The van der Waals surface area contributed by atoms with Crippen molar-refractivity contribution in [2.24, 2.45) is 5.92 Å². The summed E-state index contributed by atoms with van der Waals surface area (Å²) in [5.74, 6) is 2.43. The van der Waals surface area contributed by atoms with Crippen molar-refractivity contribution in [3.05, 3.63) is 59.9 Å². The van der Waals surface area contributed by atoms with Crippen molar-refractivity contribution >= 4 is 16.9 Å².